The van der Waals surface area contributed by atoms with E-state index in [1.54, 1.807) is 0 Å². The lowest BCUT2D eigenvalue weighted by Gasteiger charge is -2.25. The van der Waals surface area contributed by atoms with Crippen LogP contribution in [0.25, 0.3) is 0 Å². The molecular formula is C13H17BrCl2. The number of halogens is 3. The van der Waals surface area contributed by atoms with E-state index in [0.717, 1.165) is 18.4 Å². The summed E-state index contributed by atoms with van der Waals surface area (Å²) in [6, 6.07) is 5.81. The molecule has 1 aromatic carbocycles. The number of hydrogen-bond donors (Lipinski definition) is 0. The molecule has 0 spiro atoms. The Morgan fingerprint density at radius 2 is 1.88 bits per heavy atom. The normalized spacial score (nSPS) is 13.9. The number of hydrogen-bond acceptors (Lipinski definition) is 0. The molecule has 0 amide bonds. The van der Waals surface area contributed by atoms with Crippen molar-refractivity contribution in [1.82, 2.24) is 0 Å². The van der Waals surface area contributed by atoms with Crippen LogP contribution >= 0.6 is 39.1 Å². The van der Waals surface area contributed by atoms with Crippen molar-refractivity contribution in [1.29, 1.82) is 0 Å². The third kappa shape index (κ3) is 3.94. The van der Waals surface area contributed by atoms with E-state index in [1.807, 2.05) is 18.2 Å². The lowest BCUT2D eigenvalue weighted by molar-refractivity contribution is 0.386. The van der Waals surface area contributed by atoms with Crippen molar-refractivity contribution in [2.45, 2.75) is 38.4 Å². The van der Waals surface area contributed by atoms with Crippen LogP contribution < -0.4 is 0 Å². The fourth-order valence-electron chi connectivity index (χ4n) is 1.46. The third-order valence-electron chi connectivity index (χ3n) is 2.64. The maximum absolute atomic E-state index is 6.14. The van der Waals surface area contributed by atoms with E-state index < -0.39 is 0 Å². The van der Waals surface area contributed by atoms with Gasteiger partial charge in [-0.2, -0.15) is 0 Å². The van der Waals surface area contributed by atoms with E-state index in [1.165, 1.54) is 0 Å². The van der Waals surface area contributed by atoms with Crippen LogP contribution in [0.4, 0.5) is 0 Å². The molecule has 0 bridgehead atoms. The second kappa shape index (κ2) is 5.75. The Kier molecular flexibility index (Phi) is 5.15. The molecule has 0 nitrogen and oxygen atoms in total. The molecule has 3 heteroatoms. The van der Waals surface area contributed by atoms with Gasteiger partial charge >= 0.3 is 0 Å². The number of aryl methyl sites for hydroxylation is 1. The van der Waals surface area contributed by atoms with Crippen LogP contribution in [0.5, 0.6) is 0 Å². The van der Waals surface area contributed by atoms with Crippen molar-refractivity contribution in [3.8, 4) is 0 Å². The summed E-state index contributed by atoms with van der Waals surface area (Å²) in [7, 11) is 0. The van der Waals surface area contributed by atoms with Gasteiger partial charge in [-0.3, -0.25) is 0 Å². The molecule has 0 fully saturated rings. The molecule has 1 rings (SSSR count). The molecule has 1 aromatic rings. The standard InChI is InChI=1S/C13H17BrCl2/c1-13(2,3)11(14)8-7-9-5-4-6-10(15)12(9)16/h4-6,11H,7-8H2,1-3H3. The first kappa shape index (κ1) is 14.3. The number of benzene rings is 1. The maximum atomic E-state index is 6.14. The van der Waals surface area contributed by atoms with E-state index >= 15 is 0 Å². The van der Waals surface area contributed by atoms with Gasteiger partial charge in [-0.05, 0) is 29.9 Å². The summed E-state index contributed by atoms with van der Waals surface area (Å²) in [5.41, 5.74) is 1.40. The van der Waals surface area contributed by atoms with Crippen LogP contribution in [0.2, 0.25) is 10.0 Å². The van der Waals surface area contributed by atoms with E-state index in [-0.39, 0.29) is 5.41 Å². The second-order valence-electron chi connectivity index (χ2n) is 5.09. The first-order chi connectivity index (χ1) is 7.32. The van der Waals surface area contributed by atoms with Gasteiger partial charge in [0, 0.05) is 4.83 Å². The minimum absolute atomic E-state index is 0.269. The Balaban J connectivity index is 2.65. The highest BCUT2D eigenvalue weighted by Crippen LogP contribution is 2.32. The quantitative estimate of drug-likeness (QED) is 0.622. The largest absolute Gasteiger partial charge is 0.0885 e. The van der Waals surface area contributed by atoms with Gasteiger partial charge in [-0.25, -0.2) is 0 Å². The Morgan fingerprint density at radius 1 is 1.25 bits per heavy atom. The van der Waals surface area contributed by atoms with Crippen molar-refractivity contribution >= 4 is 39.1 Å². The molecular weight excluding hydrogens is 307 g/mol. The minimum Gasteiger partial charge on any atom is -0.0885 e. The second-order valence-corrected chi connectivity index (χ2v) is 6.98. The van der Waals surface area contributed by atoms with Gasteiger partial charge < -0.3 is 0 Å². The van der Waals surface area contributed by atoms with Crippen molar-refractivity contribution in [3.05, 3.63) is 33.8 Å². The lowest BCUT2D eigenvalue weighted by atomic mass is 9.89. The molecule has 0 aliphatic carbocycles. The molecule has 1 atom stereocenters. The van der Waals surface area contributed by atoms with Crippen molar-refractivity contribution in [2.75, 3.05) is 0 Å². The van der Waals surface area contributed by atoms with E-state index in [2.05, 4.69) is 36.7 Å². The van der Waals surface area contributed by atoms with Gasteiger partial charge in [0.15, 0.2) is 0 Å². The summed E-state index contributed by atoms with van der Waals surface area (Å²) in [5, 5.41) is 1.33. The highest BCUT2D eigenvalue weighted by Gasteiger charge is 2.21. The van der Waals surface area contributed by atoms with Gasteiger partial charge in [0.25, 0.3) is 0 Å². The summed E-state index contributed by atoms with van der Waals surface area (Å²) in [4.78, 5) is 0.482. The highest BCUT2D eigenvalue weighted by atomic mass is 79.9. The zero-order valence-corrected chi connectivity index (χ0v) is 13.0. The predicted molar refractivity (Wildman–Crippen MR) is 77.0 cm³/mol. The van der Waals surface area contributed by atoms with Crippen LogP contribution in [-0.2, 0) is 6.42 Å². The molecule has 0 saturated heterocycles. The van der Waals surface area contributed by atoms with Gasteiger partial charge in [-0.15, -0.1) is 0 Å². The lowest BCUT2D eigenvalue weighted by Crippen LogP contribution is -2.20. The SMILES string of the molecule is CC(C)(C)C(Br)CCc1cccc(Cl)c1Cl. The zero-order chi connectivity index (χ0) is 12.3. The first-order valence-corrected chi connectivity index (χ1v) is 7.06. The zero-order valence-electron chi connectivity index (χ0n) is 9.86. The van der Waals surface area contributed by atoms with E-state index in [9.17, 15) is 0 Å². The molecule has 0 radical (unpaired) electrons. The van der Waals surface area contributed by atoms with Crippen LogP contribution in [0.1, 0.15) is 32.8 Å². The smallest absolute Gasteiger partial charge is 0.0624 e. The minimum atomic E-state index is 0.269. The number of rotatable bonds is 3. The Labute approximate surface area is 116 Å². The molecule has 0 heterocycles. The van der Waals surface area contributed by atoms with Crippen LogP contribution in [0.15, 0.2) is 18.2 Å². The highest BCUT2D eigenvalue weighted by molar-refractivity contribution is 9.09. The van der Waals surface area contributed by atoms with E-state index in [0.29, 0.717) is 14.9 Å². The molecule has 0 aromatic heterocycles. The molecule has 0 aliphatic rings. The molecule has 0 aliphatic heterocycles. The Bertz CT molecular complexity index is 355. The summed E-state index contributed by atoms with van der Waals surface area (Å²) in [5.74, 6) is 0. The first-order valence-electron chi connectivity index (χ1n) is 5.39. The summed E-state index contributed by atoms with van der Waals surface area (Å²) < 4.78 is 0. The average Bonchev–Trinajstić information content (AvgIpc) is 2.18. The van der Waals surface area contributed by atoms with Crippen LogP contribution in [-0.4, -0.2) is 4.83 Å². The average molecular weight is 324 g/mol. The van der Waals surface area contributed by atoms with Crippen molar-refractivity contribution in [2.24, 2.45) is 5.41 Å². The molecule has 16 heavy (non-hydrogen) atoms. The van der Waals surface area contributed by atoms with Gasteiger partial charge in [-0.1, -0.05) is 72.0 Å². The number of alkyl halides is 1. The third-order valence-corrected chi connectivity index (χ3v) is 5.33. The topological polar surface area (TPSA) is 0 Å². The molecule has 0 N–H and O–H groups in total. The van der Waals surface area contributed by atoms with Crippen molar-refractivity contribution < 1.29 is 0 Å². The summed E-state index contributed by atoms with van der Waals surface area (Å²) in [6.45, 7) is 6.68. The van der Waals surface area contributed by atoms with Crippen LogP contribution in [0.3, 0.4) is 0 Å². The predicted octanol–water partition coefficient (Wildman–Crippen LogP) is 5.74. The monoisotopic (exact) mass is 322 g/mol. The molecule has 90 valence electrons. The fraction of sp³-hybridized carbons (Fsp3) is 0.538. The van der Waals surface area contributed by atoms with Crippen LogP contribution in [0, 0.1) is 5.41 Å². The Hall–Kier alpha value is 0.280. The molecule has 1 unspecified atom stereocenters. The van der Waals surface area contributed by atoms with E-state index in [4.69, 9.17) is 23.2 Å². The van der Waals surface area contributed by atoms with Gasteiger partial charge in [0.1, 0.15) is 0 Å². The molecule has 0 saturated carbocycles. The van der Waals surface area contributed by atoms with Gasteiger partial charge in [0.2, 0.25) is 0 Å². The Morgan fingerprint density at radius 3 is 2.44 bits per heavy atom. The maximum Gasteiger partial charge on any atom is 0.0624 e. The fourth-order valence-corrected chi connectivity index (χ4v) is 2.10. The summed E-state index contributed by atoms with van der Waals surface area (Å²) in [6.07, 6.45) is 2.01. The van der Waals surface area contributed by atoms with Crippen molar-refractivity contribution in [3.63, 3.8) is 0 Å². The van der Waals surface area contributed by atoms with Gasteiger partial charge in [0.05, 0.1) is 10.0 Å². The summed E-state index contributed by atoms with van der Waals surface area (Å²) >= 11 is 15.8.